The van der Waals surface area contributed by atoms with Crippen molar-refractivity contribution in [1.82, 2.24) is 0 Å². The molecule has 0 aliphatic rings. The third-order valence-electron chi connectivity index (χ3n) is 1.94. The van der Waals surface area contributed by atoms with Gasteiger partial charge in [-0.3, -0.25) is 9.13 Å². The maximum Gasteiger partial charge on any atom is 0.353 e. The quantitative estimate of drug-likeness (QED) is 0.537. The Bertz CT molecular complexity index is 516. The van der Waals surface area contributed by atoms with Gasteiger partial charge in [-0.05, 0) is 31.2 Å². The largest absolute Gasteiger partial charge is 0.353 e. The summed E-state index contributed by atoms with van der Waals surface area (Å²) in [6.07, 6.45) is 0. The minimum Gasteiger partial charge on any atom is -0.323 e. The molecule has 2 unspecified atom stereocenters. The van der Waals surface area contributed by atoms with Gasteiger partial charge in [0.2, 0.25) is 4.73 Å². The van der Waals surface area contributed by atoms with Crippen LogP contribution in [0.3, 0.4) is 0 Å². The first-order valence-electron chi connectivity index (χ1n) is 5.11. The van der Waals surface area contributed by atoms with E-state index in [4.69, 9.17) is 11.6 Å². The number of hydrogen-bond acceptors (Lipinski definition) is 4. The molecule has 108 valence electrons. The van der Waals surface area contributed by atoms with E-state index in [0.29, 0.717) is 21.7 Å². The van der Waals surface area contributed by atoms with Crippen LogP contribution >= 0.6 is 38.6 Å². The van der Waals surface area contributed by atoms with Crippen molar-refractivity contribution >= 4 is 38.6 Å². The lowest BCUT2D eigenvalue weighted by Crippen LogP contribution is -2.07. The van der Waals surface area contributed by atoms with Gasteiger partial charge in [0.15, 0.2) is 0 Å². The third kappa shape index (κ3) is 5.21. The van der Waals surface area contributed by atoms with Gasteiger partial charge in [-0.1, -0.05) is 23.4 Å². The Kier molecular flexibility index (Phi) is 6.11. The highest BCUT2D eigenvalue weighted by Crippen LogP contribution is 2.68. The summed E-state index contributed by atoms with van der Waals surface area (Å²) in [7, 11) is -9.25. The van der Waals surface area contributed by atoms with Crippen LogP contribution in [-0.4, -0.2) is 26.0 Å². The molecule has 1 rings (SSSR count). The smallest absolute Gasteiger partial charge is 0.323 e. The van der Waals surface area contributed by atoms with E-state index < -0.39 is 19.9 Å². The maximum atomic E-state index is 11.8. The molecule has 0 saturated heterocycles. The summed E-state index contributed by atoms with van der Waals surface area (Å²) >= 11 is 6.28. The van der Waals surface area contributed by atoms with Crippen LogP contribution in [0.2, 0.25) is 5.02 Å². The zero-order valence-electron chi connectivity index (χ0n) is 9.84. The van der Waals surface area contributed by atoms with Crippen LogP contribution in [0.15, 0.2) is 29.2 Å². The fourth-order valence-corrected chi connectivity index (χ4v) is 6.08. The summed E-state index contributed by atoms with van der Waals surface area (Å²) in [4.78, 5) is 28.4. The Morgan fingerprint density at radius 1 is 1.26 bits per heavy atom. The van der Waals surface area contributed by atoms with Gasteiger partial charge in [0, 0.05) is 9.92 Å². The van der Waals surface area contributed by atoms with Crippen molar-refractivity contribution in [1.29, 1.82) is 0 Å². The van der Waals surface area contributed by atoms with E-state index in [1.54, 1.807) is 0 Å². The molecule has 0 bridgehead atoms. The van der Waals surface area contributed by atoms with Gasteiger partial charge in [-0.2, -0.15) is 0 Å². The fourth-order valence-electron chi connectivity index (χ4n) is 1.21. The van der Waals surface area contributed by atoms with Crippen molar-refractivity contribution in [2.24, 2.45) is 0 Å². The summed E-state index contributed by atoms with van der Waals surface area (Å²) in [6, 6.07) is 6.04. The average molecular weight is 347 g/mol. The van der Waals surface area contributed by atoms with Crippen LogP contribution in [0.1, 0.15) is 6.92 Å². The second kappa shape index (κ2) is 6.74. The molecule has 2 atom stereocenters. The molecule has 0 radical (unpaired) electrons. The molecule has 1 aromatic rings. The fraction of sp³-hybridized carbons (Fsp3) is 0.333. The summed E-state index contributed by atoms with van der Waals surface area (Å²) in [6.45, 7) is 1.35. The van der Waals surface area contributed by atoms with Crippen LogP contribution in [0.5, 0.6) is 0 Å². The van der Waals surface area contributed by atoms with Crippen LogP contribution in [0.4, 0.5) is 0 Å². The Labute approximate surface area is 119 Å². The first-order valence-corrected chi connectivity index (χ1v) is 9.70. The summed E-state index contributed by atoms with van der Waals surface area (Å²) < 4.78 is 25.9. The molecule has 10 heteroatoms. The predicted octanol–water partition coefficient (Wildman–Crippen LogP) is 3.12. The Hall–Kier alpha value is 0.160. The van der Waals surface area contributed by atoms with Gasteiger partial charge >= 0.3 is 15.2 Å². The topological polar surface area (TPSA) is 104 Å². The van der Waals surface area contributed by atoms with Gasteiger partial charge in [0.05, 0.1) is 6.61 Å². The lowest BCUT2D eigenvalue weighted by molar-refractivity contribution is 0.272. The van der Waals surface area contributed by atoms with Crippen LogP contribution in [0, 0.1) is 0 Å². The highest BCUT2D eigenvalue weighted by atomic mass is 35.5. The number of thioether (sulfide) groups is 1. The number of benzene rings is 1. The van der Waals surface area contributed by atoms with E-state index in [9.17, 15) is 23.8 Å². The van der Waals surface area contributed by atoms with Crippen molar-refractivity contribution in [2.45, 2.75) is 16.6 Å². The van der Waals surface area contributed by atoms with E-state index in [-0.39, 0.29) is 6.61 Å². The number of halogens is 1. The van der Waals surface area contributed by atoms with Crippen molar-refractivity contribution < 1.29 is 28.3 Å². The summed E-state index contributed by atoms with van der Waals surface area (Å²) in [5, 5.41) is 0.453. The van der Waals surface area contributed by atoms with Gasteiger partial charge in [-0.15, -0.1) is 0 Å². The van der Waals surface area contributed by atoms with Gasteiger partial charge < -0.3 is 19.2 Å². The molecule has 0 fully saturated rings. The molecule has 1 aromatic carbocycles. The second-order valence-corrected chi connectivity index (χ2v) is 9.79. The van der Waals surface area contributed by atoms with Crippen molar-refractivity contribution in [3.8, 4) is 0 Å². The Balaban J connectivity index is 3.03. The molecule has 0 aliphatic heterocycles. The standard InChI is InChI=1S/C9H13ClO6P2S/c1-2-16-18(14,15)9(17(11,12)13)19-8-5-3-7(10)4-6-8/h3-6,9H,2H2,1H3,(H,14,15)(H2,11,12,13). The first-order chi connectivity index (χ1) is 8.66. The number of hydrogen-bond donors (Lipinski definition) is 3. The Morgan fingerprint density at radius 3 is 2.21 bits per heavy atom. The van der Waals surface area contributed by atoms with Crippen molar-refractivity contribution in [3.63, 3.8) is 0 Å². The first kappa shape index (κ1) is 17.2. The van der Waals surface area contributed by atoms with E-state index in [1.807, 2.05) is 0 Å². The van der Waals surface area contributed by atoms with E-state index in [1.165, 1.54) is 31.2 Å². The van der Waals surface area contributed by atoms with Crippen molar-refractivity contribution in [3.05, 3.63) is 29.3 Å². The average Bonchev–Trinajstić information content (AvgIpc) is 2.26. The molecule has 0 amide bonds. The van der Waals surface area contributed by atoms with Gasteiger partial charge in [-0.25, -0.2) is 0 Å². The molecular weight excluding hydrogens is 334 g/mol. The van der Waals surface area contributed by atoms with Crippen LogP contribution < -0.4 is 0 Å². The SMILES string of the molecule is CCOP(=O)(O)C(Sc1ccc(Cl)cc1)P(=O)(O)O. The molecule has 0 heterocycles. The molecular formula is C9H13ClO6P2S. The van der Waals surface area contributed by atoms with E-state index in [2.05, 4.69) is 4.52 Å². The minimum atomic E-state index is -4.81. The summed E-state index contributed by atoms with van der Waals surface area (Å²) in [5.41, 5.74) is 0. The molecule has 19 heavy (non-hydrogen) atoms. The van der Waals surface area contributed by atoms with Crippen LogP contribution in [0.25, 0.3) is 0 Å². The Morgan fingerprint density at radius 2 is 1.79 bits per heavy atom. The molecule has 0 saturated carbocycles. The number of rotatable bonds is 6. The normalized spacial score (nSPS) is 16.9. The summed E-state index contributed by atoms with van der Waals surface area (Å²) in [5.74, 6) is 0. The zero-order valence-corrected chi connectivity index (χ0v) is 13.2. The minimum absolute atomic E-state index is 0.120. The molecule has 3 N–H and O–H groups in total. The lowest BCUT2D eigenvalue weighted by Gasteiger charge is -2.22. The second-order valence-electron chi connectivity index (χ2n) is 3.47. The highest BCUT2D eigenvalue weighted by Gasteiger charge is 2.46. The van der Waals surface area contributed by atoms with E-state index in [0.717, 1.165) is 0 Å². The third-order valence-corrected chi connectivity index (χ3v) is 8.74. The monoisotopic (exact) mass is 346 g/mol. The molecule has 0 aliphatic carbocycles. The lowest BCUT2D eigenvalue weighted by atomic mass is 10.4. The van der Waals surface area contributed by atoms with Crippen LogP contribution in [-0.2, 0) is 13.7 Å². The zero-order chi connectivity index (χ0) is 14.7. The highest BCUT2D eigenvalue weighted by molar-refractivity contribution is 8.12. The molecule has 0 spiro atoms. The predicted molar refractivity (Wildman–Crippen MR) is 74.6 cm³/mol. The van der Waals surface area contributed by atoms with Gasteiger partial charge in [0.25, 0.3) is 0 Å². The maximum absolute atomic E-state index is 11.8. The van der Waals surface area contributed by atoms with Gasteiger partial charge in [0.1, 0.15) is 0 Å². The van der Waals surface area contributed by atoms with E-state index >= 15 is 0 Å². The van der Waals surface area contributed by atoms with Crippen molar-refractivity contribution in [2.75, 3.05) is 6.61 Å². The molecule has 0 aromatic heterocycles. The molecule has 6 nitrogen and oxygen atoms in total.